The number of rotatable bonds is 12. The van der Waals surface area contributed by atoms with Crippen molar-refractivity contribution >= 4 is 23.4 Å². The lowest BCUT2D eigenvalue weighted by molar-refractivity contribution is -0.134. The van der Waals surface area contributed by atoms with Crippen LogP contribution in [0.2, 0.25) is 0 Å². The Morgan fingerprint density at radius 3 is 2.63 bits per heavy atom. The van der Waals surface area contributed by atoms with E-state index < -0.39 is 5.60 Å². The van der Waals surface area contributed by atoms with E-state index in [1.54, 1.807) is 19.9 Å². The van der Waals surface area contributed by atoms with Gasteiger partial charge in [-0.15, -0.1) is 0 Å². The second kappa shape index (κ2) is 13.4. The molecule has 0 bridgehead atoms. The van der Waals surface area contributed by atoms with Gasteiger partial charge in [0.2, 0.25) is 0 Å². The maximum absolute atomic E-state index is 13.5. The Bertz CT molecular complexity index is 1390. The van der Waals surface area contributed by atoms with Gasteiger partial charge in [-0.25, -0.2) is 4.79 Å². The zero-order chi connectivity index (χ0) is 30.4. The van der Waals surface area contributed by atoms with Crippen molar-refractivity contribution in [3.8, 4) is 17.0 Å². The largest absolute Gasteiger partial charge is 0.478 e. The van der Waals surface area contributed by atoms with E-state index >= 15 is 0 Å². The van der Waals surface area contributed by atoms with Gasteiger partial charge in [-0.05, 0) is 75.8 Å². The van der Waals surface area contributed by atoms with Gasteiger partial charge in [0.1, 0.15) is 11.6 Å². The minimum Gasteiger partial charge on any atom is -0.478 e. The van der Waals surface area contributed by atoms with E-state index in [9.17, 15) is 9.59 Å². The summed E-state index contributed by atoms with van der Waals surface area (Å²) in [7, 11) is 0. The molecule has 2 aliphatic rings. The highest BCUT2D eigenvalue weighted by Gasteiger charge is 2.34. The number of carbonyl (C=O) groups is 2. The smallest absolute Gasteiger partial charge is 0.318 e. The summed E-state index contributed by atoms with van der Waals surface area (Å²) in [6, 6.07) is 18.1. The molecule has 3 amide bonds. The zero-order valence-electron chi connectivity index (χ0n) is 25.1. The summed E-state index contributed by atoms with van der Waals surface area (Å²) in [6.45, 7) is 6.73. The third-order valence-electron chi connectivity index (χ3n) is 7.98. The summed E-state index contributed by atoms with van der Waals surface area (Å²) in [5, 5.41) is 13.1. The number of urea groups is 1. The standard InChI is InChI=1S/C32H44N8O3/c1-32(2,30(41)35-16-5-15-33)43-27-8-3-7-26(18-27)39-17-4-6-24(21-39)36-31(42)40(25-13-14-25)20-22-9-11-23(12-10-22)28-19-29(34)38-37-28/h3,7-12,18-19,24-25H,4-6,13-17,20-21,33H2,1-2H3,(H,35,41)(H,36,42)(H3,34,37,38)/t24-/m0/s1. The molecule has 1 aliphatic carbocycles. The van der Waals surface area contributed by atoms with E-state index in [4.69, 9.17) is 16.2 Å². The van der Waals surface area contributed by atoms with Crippen LogP contribution in [-0.2, 0) is 11.3 Å². The van der Waals surface area contributed by atoms with E-state index in [1.807, 2.05) is 41.3 Å². The maximum Gasteiger partial charge on any atom is 0.318 e. The molecule has 5 rings (SSSR count). The molecule has 2 fully saturated rings. The number of benzene rings is 2. The molecule has 1 saturated carbocycles. The van der Waals surface area contributed by atoms with Crippen LogP contribution >= 0.6 is 0 Å². The van der Waals surface area contributed by atoms with Crippen molar-refractivity contribution in [2.75, 3.05) is 36.8 Å². The van der Waals surface area contributed by atoms with Gasteiger partial charge in [-0.3, -0.25) is 9.89 Å². The van der Waals surface area contributed by atoms with Crippen molar-refractivity contribution in [3.63, 3.8) is 0 Å². The first-order valence-electron chi connectivity index (χ1n) is 15.2. The molecular weight excluding hydrogens is 544 g/mol. The molecule has 1 saturated heterocycles. The van der Waals surface area contributed by atoms with Crippen LogP contribution in [0, 0.1) is 0 Å². The Kier molecular flexibility index (Phi) is 9.40. The Morgan fingerprint density at radius 1 is 1.14 bits per heavy atom. The predicted octanol–water partition coefficient (Wildman–Crippen LogP) is 3.62. The topological polar surface area (TPSA) is 155 Å². The SMILES string of the molecule is CC(C)(Oc1cccc(N2CCC[C@H](NC(=O)N(Cc3ccc(-c4cc(N)n[nH]4)cc3)C3CC3)C2)c1)C(=O)NCCCN. The lowest BCUT2D eigenvalue weighted by Gasteiger charge is -2.36. The number of nitrogens with one attached hydrogen (secondary N) is 3. The first kappa shape index (κ1) is 30.2. The molecule has 0 spiro atoms. The van der Waals surface area contributed by atoms with Gasteiger partial charge in [0.25, 0.3) is 5.91 Å². The van der Waals surface area contributed by atoms with Crippen molar-refractivity contribution in [3.05, 3.63) is 60.2 Å². The summed E-state index contributed by atoms with van der Waals surface area (Å²) in [5.74, 6) is 0.913. The number of hydrogen-bond acceptors (Lipinski definition) is 7. The Morgan fingerprint density at radius 2 is 1.93 bits per heavy atom. The second-order valence-electron chi connectivity index (χ2n) is 12.0. The van der Waals surface area contributed by atoms with Gasteiger partial charge in [0, 0.05) is 56.1 Å². The molecule has 230 valence electrons. The van der Waals surface area contributed by atoms with Crippen LogP contribution in [0.5, 0.6) is 5.75 Å². The minimum atomic E-state index is -1.02. The molecule has 7 N–H and O–H groups in total. The molecule has 1 aliphatic heterocycles. The summed E-state index contributed by atoms with van der Waals surface area (Å²) in [6.07, 6.45) is 4.68. The average Bonchev–Trinajstić information content (AvgIpc) is 3.75. The van der Waals surface area contributed by atoms with Gasteiger partial charge in [0.05, 0.1) is 5.69 Å². The fraction of sp³-hybridized carbons (Fsp3) is 0.469. The molecular formula is C32H44N8O3. The van der Waals surface area contributed by atoms with Gasteiger partial charge < -0.3 is 36.6 Å². The number of ether oxygens (including phenoxy) is 1. The highest BCUT2D eigenvalue weighted by atomic mass is 16.5. The number of aromatic nitrogens is 2. The minimum absolute atomic E-state index is 0.0146. The van der Waals surface area contributed by atoms with E-state index in [0.29, 0.717) is 37.7 Å². The quantitative estimate of drug-likeness (QED) is 0.202. The Balaban J connectivity index is 1.18. The number of piperidine rings is 1. The maximum atomic E-state index is 13.5. The number of carbonyl (C=O) groups excluding carboxylic acids is 2. The third kappa shape index (κ3) is 7.98. The highest BCUT2D eigenvalue weighted by Crippen LogP contribution is 2.30. The fourth-order valence-corrected chi connectivity index (χ4v) is 5.41. The van der Waals surface area contributed by atoms with Crippen LogP contribution in [0.25, 0.3) is 11.3 Å². The first-order chi connectivity index (χ1) is 20.7. The zero-order valence-corrected chi connectivity index (χ0v) is 25.1. The van der Waals surface area contributed by atoms with Crippen LogP contribution in [0.4, 0.5) is 16.3 Å². The van der Waals surface area contributed by atoms with Crippen molar-refractivity contribution in [1.29, 1.82) is 0 Å². The number of nitrogen functional groups attached to an aromatic ring is 1. The highest BCUT2D eigenvalue weighted by molar-refractivity contribution is 5.84. The molecule has 2 heterocycles. The number of nitrogens with two attached hydrogens (primary N) is 2. The molecule has 1 aromatic heterocycles. The van der Waals surface area contributed by atoms with Crippen molar-refractivity contribution in [2.24, 2.45) is 5.73 Å². The van der Waals surface area contributed by atoms with Crippen molar-refractivity contribution < 1.29 is 14.3 Å². The molecule has 43 heavy (non-hydrogen) atoms. The summed E-state index contributed by atoms with van der Waals surface area (Å²) in [5.41, 5.74) is 14.2. The van der Waals surface area contributed by atoms with Crippen molar-refractivity contribution in [2.45, 2.75) is 70.2 Å². The summed E-state index contributed by atoms with van der Waals surface area (Å²) >= 11 is 0. The van der Waals surface area contributed by atoms with Gasteiger partial charge >= 0.3 is 6.03 Å². The third-order valence-corrected chi connectivity index (χ3v) is 7.98. The molecule has 3 aromatic rings. The molecule has 11 nitrogen and oxygen atoms in total. The van der Waals surface area contributed by atoms with E-state index in [2.05, 4.69) is 37.9 Å². The number of amides is 3. The lowest BCUT2D eigenvalue weighted by atomic mass is 10.0. The number of aromatic amines is 1. The monoisotopic (exact) mass is 588 g/mol. The molecule has 0 unspecified atom stereocenters. The van der Waals surface area contributed by atoms with Gasteiger partial charge in [-0.2, -0.15) is 5.10 Å². The molecule has 0 radical (unpaired) electrons. The molecule has 1 atom stereocenters. The van der Waals surface area contributed by atoms with Crippen LogP contribution in [0.3, 0.4) is 0 Å². The Labute approximate surface area is 253 Å². The van der Waals surface area contributed by atoms with Crippen LogP contribution in [-0.4, -0.2) is 70.9 Å². The van der Waals surface area contributed by atoms with Gasteiger partial charge in [-0.1, -0.05) is 30.3 Å². The number of H-pyrrole nitrogens is 1. The lowest BCUT2D eigenvalue weighted by Crippen LogP contribution is -2.52. The fourth-order valence-electron chi connectivity index (χ4n) is 5.41. The van der Waals surface area contributed by atoms with Crippen LogP contribution < -0.4 is 31.7 Å². The summed E-state index contributed by atoms with van der Waals surface area (Å²) in [4.78, 5) is 30.4. The van der Waals surface area contributed by atoms with Crippen LogP contribution in [0.1, 0.15) is 51.5 Å². The predicted molar refractivity (Wildman–Crippen MR) is 169 cm³/mol. The Hall–Kier alpha value is -4.25. The van der Waals surface area contributed by atoms with Crippen LogP contribution in [0.15, 0.2) is 54.6 Å². The van der Waals surface area contributed by atoms with Gasteiger partial charge in [0.15, 0.2) is 5.60 Å². The average molecular weight is 589 g/mol. The number of nitrogens with zero attached hydrogens (tertiary/aromatic N) is 3. The molecule has 2 aromatic carbocycles. The van der Waals surface area contributed by atoms with E-state index in [0.717, 1.165) is 61.2 Å². The second-order valence-corrected chi connectivity index (χ2v) is 12.0. The first-order valence-corrected chi connectivity index (χ1v) is 15.2. The molecule has 11 heteroatoms. The normalized spacial score (nSPS) is 16.9. The van der Waals surface area contributed by atoms with Crippen molar-refractivity contribution in [1.82, 2.24) is 25.7 Å². The van der Waals surface area contributed by atoms with E-state index in [1.165, 1.54) is 0 Å². The van der Waals surface area contributed by atoms with E-state index in [-0.39, 0.29) is 24.0 Å². The summed E-state index contributed by atoms with van der Waals surface area (Å²) < 4.78 is 6.12. The number of hydrogen-bond donors (Lipinski definition) is 5. The number of anilines is 2.